The third-order valence-electron chi connectivity index (χ3n) is 3.89. The zero-order valence-electron chi connectivity index (χ0n) is 12.5. The molecule has 0 aliphatic carbocycles. The van der Waals surface area contributed by atoms with E-state index in [1.54, 1.807) is 0 Å². The minimum atomic E-state index is 0.146. The van der Waals surface area contributed by atoms with Gasteiger partial charge in [0.15, 0.2) is 0 Å². The Hall–Kier alpha value is -1.58. The van der Waals surface area contributed by atoms with Crippen LogP contribution in [0.25, 0.3) is 10.8 Å². The van der Waals surface area contributed by atoms with Crippen molar-refractivity contribution in [1.82, 2.24) is 5.32 Å². The maximum absolute atomic E-state index is 5.98. The molecular formula is C18H23NO2. The van der Waals surface area contributed by atoms with Crippen molar-refractivity contribution in [2.45, 2.75) is 32.0 Å². The van der Waals surface area contributed by atoms with E-state index in [-0.39, 0.29) is 6.10 Å². The van der Waals surface area contributed by atoms with Gasteiger partial charge in [-0.3, -0.25) is 0 Å². The number of benzene rings is 2. The SMILES string of the molecule is CC(CNCC1CCCO1)Oc1ccc2ccccc2c1. The van der Waals surface area contributed by atoms with Gasteiger partial charge in [0.05, 0.1) is 6.10 Å². The van der Waals surface area contributed by atoms with Crippen LogP contribution in [-0.4, -0.2) is 31.9 Å². The average Bonchev–Trinajstić information content (AvgIpc) is 3.00. The molecule has 1 heterocycles. The molecule has 1 aliphatic rings. The highest BCUT2D eigenvalue weighted by atomic mass is 16.5. The quantitative estimate of drug-likeness (QED) is 0.882. The van der Waals surface area contributed by atoms with Gasteiger partial charge in [-0.1, -0.05) is 30.3 Å². The molecule has 0 aromatic heterocycles. The third-order valence-corrected chi connectivity index (χ3v) is 3.89. The molecule has 0 amide bonds. The molecule has 21 heavy (non-hydrogen) atoms. The van der Waals surface area contributed by atoms with E-state index in [9.17, 15) is 0 Å². The second kappa shape index (κ2) is 6.92. The Morgan fingerprint density at radius 2 is 2.10 bits per heavy atom. The lowest BCUT2D eigenvalue weighted by atomic mass is 10.1. The molecule has 2 aromatic carbocycles. The third kappa shape index (κ3) is 3.96. The van der Waals surface area contributed by atoms with E-state index in [1.807, 2.05) is 6.07 Å². The van der Waals surface area contributed by atoms with Crippen molar-refractivity contribution in [3.05, 3.63) is 42.5 Å². The summed E-state index contributed by atoms with van der Waals surface area (Å²) in [6.07, 6.45) is 2.90. The van der Waals surface area contributed by atoms with Crippen LogP contribution in [0.4, 0.5) is 0 Å². The molecule has 3 nitrogen and oxygen atoms in total. The van der Waals surface area contributed by atoms with E-state index in [1.165, 1.54) is 23.6 Å². The first-order valence-electron chi connectivity index (χ1n) is 7.79. The van der Waals surface area contributed by atoms with E-state index in [0.29, 0.717) is 6.10 Å². The number of rotatable bonds is 6. The smallest absolute Gasteiger partial charge is 0.120 e. The highest BCUT2D eigenvalue weighted by Crippen LogP contribution is 2.21. The topological polar surface area (TPSA) is 30.5 Å². The Kier molecular flexibility index (Phi) is 4.73. The van der Waals surface area contributed by atoms with Crippen molar-refractivity contribution < 1.29 is 9.47 Å². The average molecular weight is 285 g/mol. The van der Waals surface area contributed by atoms with Gasteiger partial charge in [0.2, 0.25) is 0 Å². The van der Waals surface area contributed by atoms with Gasteiger partial charge in [-0.15, -0.1) is 0 Å². The molecule has 112 valence electrons. The summed E-state index contributed by atoms with van der Waals surface area (Å²) in [5.74, 6) is 0.931. The molecule has 0 bridgehead atoms. The molecule has 0 spiro atoms. The number of fused-ring (bicyclic) bond motifs is 1. The summed E-state index contributed by atoms with van der Waals surface area (Å²) in [7, 11) is 0. The number of ether oxygens (including phenoxy) is 2. The molecule has 3 heteroatoms. The molecule has 1 N–H and O–H groups in total. The zero-order chi connectivity index (χ0) is 14.5. The van der Waals surface area contributed by atoms with Gasteiger partial charge >= 0.3 is 0 Å². The van der Waals surface area contributed by atoms with Gasteiger partial charge in [-0.2, -0.15) is 0 Å². The Morgan fingerprint density at radius 3 is 2.90 bits per heavy atom. The highest BCUT2D eigenvalue weighted by Gasteiger charge is 2.15. The number of nitrogens with one attached hydrogen (secondary N) is 1. The summed E-state index contributed by atoms with van der Waals surface area (Å²) in [6, 6.07) is 14.6. The van der Waals surface area contributed by atoms with Crippen LogP contribution < -0.4 is 10.1 Å². The lowest BCUT2D eigenvalue weighted by Gasteiger charge is -2.17. The number of hydrogen-bond donors (Lipinski definition) is 1. The lowest BCUT2D eigenvalue weighted by Crippen LogP contribution is -2.34. The monoisotopic (exact) mass is 285 g/mol. The minimum absolute atomic E-state index is 0.146. The summed E-state index contributed by atoms with van der Waals surface area (Å²) in [6.45, 7) is 4.77. The van der Waals surface area contributed by atoms with Crippen molar-refractivity contribution in [3.8, 4) is 5.75 Å². The minimum Gasteiger partial charge on any atom is -0.489 e. The molecule has 1 saturated heterocycles. The summed E-state index contributed by atoms with van der Waals surface area (Å²) in [5.41, 5.74) is 0. The Bertz CT molecular complexity index is 578. The fourth-order valence-corrected chi connectivity index (χ4v) is 2.77. The molecule has 0 saturated carbocycles. The molecular weight excluding hydrogens is 262 g/mol. The van der Waals surface area contributed by atoms with Crippen LogP contribution in [0.5, 0.6) is 5.75 Å². The van der Waals surface area contributed by atoms with Crippen molar-refractivity contribution in [1.29, 1.82) is 0 Å². The van der Waals surface area contributed by atoms with Crippen LogP contribution in [0.15, 0.2) is 42.5 Å². The Morgan fingerprint density at radius 1 is 1.24 bits per heavy atom. The van der Waals surface area contributed by atoms with Crippen molar-refractivity contribution in [2.24, 2.45) is 0 Å². The highest BCUT2D eigenvalue weighted by molar-refractivity contribution is 5.83. The largest absolute Gasteiger partial charge is 0.489 e. The van der Waals surface area contributed by atoms with Crippen LogP contribution in [-0.2, 0) is 4.74 Å². The first-order valence-corrected chi connectivity index (χ1v) is 7.79. The predicted octanol–water partition coefficient (Wildman–Crippen LogP) is 3.38. The second-order valence-corrected chi connectivity index (χ2v) is 5.73. The van der Waals surface area contributed by atoms with E-state index < -0.39 is 0 Å². The van der Waals surface area contributed by atoms with Crippen LogP contribution in [0.1, 0.15) is 19.8 Å². The maximum atomic E-state index is 5.98. The lowest BCUT2D eigenvalue weighted by molar-refractivity contribution is 0.106. The fourth-order valence-electron chi connectivity index (χ4n) is 2.77. The first-order chi connectivity index (χ1) is 10.3. The Labute approximate surface area is 126 Å². The summed E-state index contributed by atoms with van der Waals surface area (Å²) < 4.78 is 11.6. The van der Waals surface area contributed by atoms with E-state index in [4.69, 9.17) is 9.47 Å². The van der Waals surface area contributed by atoms with E-state index in [2.05, 4.69) is 48.6 Å². The maximum Gasteiger partial charge on any atom is 0.120 e. The standard InChI is InChI=1S/C18H23NO2/c1-14(12-19-13-18-7-4-10-20-18)21-17-9-8-15-5-2-3-6-16(15)11-17/h2-3,5-6,8-9,11,14,18-19H,4,7,10,12-13H2,1H3. The molecule has 2 atom stereocenters. The second-order valence-electron chi connectivity index (χ2n) is 5.73. The van der Waals surface area contributed by atoms with Crippen LogP contribution in [0.2, 0.25) is 0 Å². The first kappa shape index (κ1) is 14.4. The van der Waals surface area contributed by atoms with Crippen molar-refractivity contribution in [3.63, 3.8) is 0 Å². The van der Waals surface area contributed by atoms with Gasteiger partial charge in [0, 0.05) is 19.7 Å². The summed E-state index contributed by atoms with van der Waals surface area (Å²) >= 11 is 0. The summed E-state index contributed by atoms with van der Waals surface area (Å²) in [4.78, 5) is 0. The molecule has 3 rings (SSSR count). The number of hydrogen-bond acceptors (Lipinski definition) is 3. The molecule has 1 fully saturated rings. The van der Waals surface area contributed by atoms with Crippen LogP contribution >= 0.6 is 0 Å². The van der Waals surface area contributed by atoms with Crippen LogP contribution in [0, 0.1) is 0 Å². The Balaban J connectivity index is 1.49. The van der Waals surface area contributed by atoms with Gasteiger partial charge in [-0.25, -0.2) is 0 Å². The van der Waals surface area contributed by atoms with Crippen molar-refractivity contribution in [2.75, 3.05) is 19.7 Å². The molecule has 2 aromatic rings. The summed E-state index contributed by atoms with van der Waals surface area (Å²) in [5, 5.41) is 5.90. The van der Waals surface area contributed by atoms with Gasteiger partial charge in [-0.05, 0) is 42.7 Å². The van der Waals surface area contributed by atoms with E-state index in [0.717, 1.165) is 25.4 Å². The molecule has 1 aliphatic heterocycles. The van der Waals surface area contributed by atoms with Crippen molar-refractivity contribution >= 4 is 10.8 Å². The molecule has 2 unspecified atom stereocenters. The van der Waals surface area contributed by atoms with E-state index >= 15 is 0 Å². The van der Waals surface area contributed by atoms with Crippen LogP contribution in [0.3, 0.4) is 0 Å². The normalized spacial score (nSPS) is 19.8. The van der Waals surface area contributed by atoms with Gasteiger partial charge < -0.3 is 14.8 Å². The van der Waals surface area contributed by atoms with Gasteiger partial charge in [0.25, 0.3) is 0 Å². The molecule has 0 radical (unpaired) electrons. The van der Waals surface area contributed by atoms with Gasteiger partial charge in [0.1, 0.15) is 11.9 Å². The predicted molar refractivity (Wildman–Crippen MR) is 85.9 cm³/mol. The fraction of sp³-hybridized carbons (Fsp3) is 0.444. The zero-order valence-corrected chi connectivity index (χ0v) is 12.5.